The fraction of sp³-hybridized carbons (Fsp3) is 0.714. The monoisotopic (exact) mass is 315 g/mol. The number of rotatable bonds is 3. The summed E-state index contributed by atoms with van der Waals surface area (Å²) >= 11 is 5.54. The smallest absolute Gasteiger partial charge is 0.0452 e. The van der Waals surface area contributed by atoms with E-state index in [9.17, 15) is 0 Å². The molecule has 0 saturated heterocycles. The Morgan fingerprint density at radius 3 is 2.65 bits per heavy atom. The van der Waals surface area contributed by atoms with Crippen LogP contribution in [0.3, 0.4) is 0 Å². The Kier molecular flexibility index (Phi) is 4.67. The predicted octanol–water partition coefficient (Wildman–Crippen LogP) is 4.84. The van der Waals surface area contributed by atoms with E-state index >= 15 is 0 Å². The van der Waals surface area contributed by atoms with Gasteiger partial charge in [0, 0.05) is 15.4 Å². The number of nitrogens with one attached hydrogen (secondary N) is 1. The second-order valence-electron chi connectivity index (χ2n) is 5.43. The van der Waals surface area contributed by atoms with Crippen molar-refractivity contribution in [3.05, 3.63) is 20.8 Å². The van der Waals surface area contributed by atoms with Crippen LogP contribution in [0.5, 0.6) is 0 Å². The number of halogens is 1. The first kappa shape index (κ1) is 13.6. The van der Waals surface area contributed by atoms with E-state index in [2.05, 4.69) is 53.6 Å². The lowest BCUT2D eigenvalue weighted by atomic mass is 9.73. The maximum Gasteiger partial charge on any atom is 0.0452 e. The van der Waals surface area contributed by atoms with Crippen LogP contribution in [-0.4, -0.2) is 7.05 Å². The molecule has 4 unspecified atom stereocenters. The minimum absolute atomic E-state index is 0.527. The molecule has 0 bridgehead atoms. The zero-order valence-electron chi connectivity index (χ0n) is 10.9. The van der Waals surface area contributed by atoms with Crippen molar-refractivity contribution >= 4 is 27.3 Å². The summed E-state index contributed by atoms with van der Waals surface area (Å²) in [5.41, 5.74) is 0. The number of thiophene rings is 1. The summed E-state index contributed by atoms with van der Waals surface area (Å²) in [7, 11) is 2.10. The Balaban J connectivity index is 2.12. The average Bonchev–Trinajstić information content (AvgIpc) is 2.71. The molecule has 1 aromatic heterocycles. The van der Waals surface area contributed by atoms with Crippen molar-refractivity contribution in [2.24, 2.45) is 17.8 Å². The van der Waals surface area contributed by atoms with E-state index in [1.54, 1.807) is 0 Å². The normalized spacial score (nSPS) is 31.4. The van der Waals surface area contributed by atoms with Gasteiger partial charge in [0.1, 0.15) is 0 Å². The van der Waals surface area contributed by atoms with E-state index in [0.717, 1.165) is 17.8 Å². The van der Waals surface area contributed by atoms with Gasteiger partial charge in [0.25, 0.3) is 0 Å². The van der Waals surface area contributed by atoms with Crippen molar-refractivity contribution in [3.63, 3.8) is 0 Å². The molecule has 0 radical (unpaired) electrons. The first-order valence-corrected chi connectivity index (χ1v) is 8.21. The summed E-state index contributed by atoms with van der Waals surface area (Å²) in [4.78, 5) is 1.47. The molecule has 96 valence electrons. The zero-order chi connectivity index (χ0) is 12.4. The fourth-order valence-electron chi connectivity index (χ4n) is 3.00. The van der Waals surface area contributed by atoms with E-state index in [1.807, 2.05) is 11.3 Å². The second kappa shape index (κ2) is 5.85. The highest BCUT2D eigenvalue weighted by Crippen LogP contribution is 2.42. The van der Waals surface area contributed by atoms with Gasteiger partial charge in [0.2, 0.25) is 0 Å². The van der Waals surface area contributed by atoms with Gasteiger partial charge in [-0.15, -0.1) is 11.3 Å². The van der Waals surface area contributed by atoms with Gasteiger partial charge in [-0.1, -0.05) is 20.3 Å². The van der Waals surface area contributed by atoms with Crippen LogP contribution < -0.4 is 5.32 Å². The van der Waals surface area contributed by atoms with Crippen molar-refractivity contribution in [2.45, 2.75) is 39.2 Å². The SMILES string of the molecule is CNC(c1sccc1Br)C1CCC(C)C(C)C1. The van der Waals surface area contributed by atoms with Gasteiger partial charge in [-0.05, 0) is 65.0 Å². The summed E-state index contributed by atoms with van der Waals surface area (Å²) < 4.78 is 1.27. The molecule has 1 aliphatic carbocycles. The van der Waals surface area contributed by atoms with Gasteiger partial charge in [0.05, 0.1) is 0 Å². The maximum absolute atomic E-state index is 3.67. The minimum Gasteiger partial charge on any atom is -0.312 e. The number of hydrogen-bond donors (Lipinski definition) is 1. The predicted molar refractivity (Wildman–Crippen MR) is 79.5 cm³/mol. The summed E-state index contributed by atoms with van der Waals surface area (Å²) in [6.45, 7) is 4.81. The van der Waals surface area contributed by atoms with Gasteiger partial charge in [0.15, 0.2) is 0 Å². The molecule has 2 rings (SSSR count). The molecule has 1 fully saturated rings. The Hall–Kier alpha value is 0.140. The largest absolute Gasteiger partial charge is 0.312 e. The van der Waals surface area contributed by atoms with Gasteiger partial charge in [-0.2, -0.15) is 0 Å². The molecule has 0 aromatic carbocycles. The lowest BCUT2D eigenvalue weighted by molar-refractivity contribution is 0.176. The average molecular weight is 316 g/mol. The highest BCUT2D eigenvalue weighted by atomic mass is 79.9. The molecule has 17 heavy (non-hydrogen) atoms. The van der Waals surface area contributed by atoms with Crippen molar-refractivity contribution in [3.8, 4) is 0 Å². The highest BCUT2D eigenvalue weighted by Gasteiger charge is 2.31. The van der Waals surface area contributed by atoms with Crippen molar-refractivity contribution in [1.82, 2.24) is 5.32 Å². The third kappa shape index (κ3) is 2.94. The molecule has 1 N–H and O–H groups in total. The van der Waals surface area contributed by atoms with Crippen LogP contribution in [-0.2, 0) is 0 Å². The van der Waals surface area contributed by atoms with E-state index in [4.69, 9.17) is 0 Å². The Bertz CT molecular complexity index is 363. The lowest BCUT2D eigenvalue weighted by Gasteiger charge is -2.36. The van der Waals surface area contributed by atoms with Crippen LogP contribution >= 0.6 is 27.3 Å². The van der Waals surface area contributed by atoms with Gasteiger partial charge < -0.3 is 5.32 Å². The quantitative estimate of drug-likeness (QED) is 0.841. The maximum atomic E-state index is 3.67. The summed E-state index contributed by atoms with van der Waals surface area (Å²) in [5, 5.41) is 5.71. The molecule has 1 heterocycles. The van der Waals surface area contributed by atoms with E-state index in [-0.39, 0.29) is 0 Å². The van der Waals surface area contributed by atoms with Crippen molar-refractivity contribution in [2.75, 3.05) is 7.05 Å². The number of hydrogen-bond acceptors (Lipinski definition) is 2. The lowest BCUT2D eigenvalue weighted by Crippen LogP contribution is -2.31. The van der Waals surface area contributed by atoms with E-state index in [0.29, 0.717) is 6.04 Å². The van der Waals surface area contributed by atoms with Crippen LogP contribution in [0.4, 0.5) is 0 Å². The summed E-state index contributed by atoms with van der Waals surface area (Å²) in [5.74, 6) is 2.56. The molecular weight excluding hydrogens is 294 g/mol. The molecular formula is C14H22BrNS. The first-order chi connectivity index (χ1) is 8.13. The minimum atomic E-state index is 0.527. The zero-order valence-corrected chi connectivity index (χ0v) is 13.3. The molecule has 0 spiro atoms. The van der Waals surface area contributed by atoms with Crippen molar-refractivity contribution < 1.29 is 0 Å². The van der Waals surface area contributed by atoms with Crippen LogP contribution in [0.2, 0.25) is 0 Å². The molecule has 3 heteroatoms. The Morgan fingerprint density at radius 2 is 2.12 bits per heavy atom. The van der Waals surface area contributed by atoms with Gasteiger partial charge in [-0.3, -0.25) is 0 Å². The van der Waals surface area contributed by atoms with Crippen LogP contribution in [0.15, 0.2) is 15.9 Å². The Labute approximate surface area is 117 Å². The highest BCUT2D eigenvalue weighted by molar-refractivity contribution is 9.10. The molecule has 1 aromatic rings. The first-order valence-electron chi connectivity index (χ1n) is 6.53. The fourth-order valence-corrected chi connectivity index (χ4v) is 4.82. The summed E-state index contributed by atoms with van der Waals surface area (Å²) in [6, 6.07) is 2.69. The topological polar surface area (TPSA) is 12.0 Å². The second-order valence-corrected chi connectivity index (χ2v) is 7.23. The third-order valence-electron chi connectivity index (χ3n) is 4.35. The molecule has 0 aliphatic heterocycles. The Morgan fingerprint density at radius 1 is 1.35 bits per heavy atom. The van der Waals surface area contributed by atoms with Gasteiger partial charge >= 0.3 is 0 Å². The molecule has 1 saturated carbocycles. The van der Waals surface area contributed by atoms with Crippen LogP contribution in [0.25, 0.3) is 0 Å². The van der Waals surface area contributed by atoms with Gasteiger partial charge in [-0.25, -0.2) is 0 Å². The molecule has 4 atom stereocenters. The molecule has 0 amide bonds. The standard InChI is InChI=1S/C14H22BrNS/c1-9-4-5-11(8-10(9)2)13(16-3)14-12(15)6-7-17-14/h6-7,9-11,13,16H,4-5,8H2,1-3H3. The van der Waals surface area contributed by atoms with Crippen LogP contribution in [0.1, 0.15) is 44.0 Å². The summed E-state index contributed by atoms with van der Waals surface area (Å²) in [6.07, 6.45) is 4.10. The molecule has 1 nitrogen and oxygen atoms in total. The third-order valence-corrected chi connectivity index (χ3v) is 6.30. The van der Waals surface area contributed by atoms with Crippen molar-refractivity contribution in [1.29, 1.82) is 0 Å². The molecule has 1 aliphatic rings. The van der Waals surface area contributed by atoms with E-state index in [1.165, 1.54) is 28.6 Å². The van der Waals surface area contributed by atoms with Crippen LogP contribution in [0, 0.1) is 17.8 Å². The van der Waals surface area contributed by atoms with E-state index < -0.39 is 0 Å².